The number of carbonyl (C=O) groups is 1. The molecule has 1 aliphatic rings. The van der Waals surface area contributed by atoms with Gasteiger partial charge in [-0.25, -0.2) is 8.42 Å². The molecule has 5 nitrogen and oxygen atoms in total. The number of hydrogen-bond donors (Lipinski definition) is 0. The number of hydrogen-bond acceptors (Lipinski definition) is 4. The molecule has 0 bridgehead atoms. The van der Waals surface area contributed by atoms with Crippen molar-refractivity contribution in [2.75, 3.05) is 13.1 Å². The average Bonchev–Trinajstić information content (AvgIpc) is 2.40. The van der Waals surface area contributed by atoms with E-state index in [0.717, 1.165) is 25.3 Å². The van der Waals surface area contributed by atoms with Crippen LogP contribution in [0, 0.1) is 0 Å². The molecule has 0 aromatic heterocycles. The number of piperidine rings is 1. The van der Waals surface area contributed by atoms with E-state index in [-0.39, 0.29) is 10.5 Å². The first-order valence-corrected chi connectivity index (χ1v) is 7.27. The summed E-state index contributed by atoms with van der Waals surface area (Å²) in [6, 6.07) is 5.31. The van der Waals surface area contributed by atoms with Crippen LogP contribution in [0.3, 0.4) is 0 Å². The Morgan fingerprint density at radius 2 is 1.83 bits per heavy atom. The van der Waals surface area contributed by atoms with Gasteiger partial charge in [-0.2, -0.15) is 4.31 Å². The third kappa shape index (κ3) is 2.54. The van der Waals surface area contributed by atoms with Gasteiger partial charge in [-0.05, 0) is 30.5 Å². The number of carboxylic acids is 1. The fraction of sp³-hybridized carbons (Fsp3) is 0.417. The lowest BCUT2D eigenvalue weighted by Gasteiger charge is -2.26. The molecule has 18 heavy (non-hydrogen) atoms. The second kappa shape index (κ2) is 5.07. The van der Waals surface area contributed by atoms with Crippen molar-refractivity contribution in [2.24, 2.45) is 0 Å². The molecule has 1 heterocycles. The Hall–Kier alpha value is -1.40. The highest BCUT2D eigenvalue weighted by atomic mass is 32.2. The zero-order valence-corrected chi connectivity index (χ0v) is 10.6. The number of carboxylic acid groups (broad SMARTS) is 1. The zero-order valence-electron chi connectivity index (χ0n) is 9.83. The Bertz CT molecular complexity index is 547. The molecule has 1 aliphatic heterocycles. The maximum absolute atomic E-state index is 12.3. The van der Waals surface area contributed by atoms with Gasteiger partial charge in [0.05, 0.1) is 10.9 Å². The van der Waals surface area contributed by atoms with E-state index in [0.29, 0.717) is 13.1 Å². The van der Waals surface area contributed by atoms with E-state index in [2.05, 4.69) is 0 Å². The molecular formula is C12H14NO4S-. The van der Waals surface area contributed by atoms with Gasteiger partial charge in [0.25, 0.3) is 0 Å². The number of aromatic carboxylic acids is 1. The maximum atomic E-state index is 12.3. The summed E-state index contributed by atoms with van der Waals surface area (Å²) < 4.78 is 26.0. The van der Waals surface area contributed by atoms with Crippen molar-refractivity contribution in [1.82, 2.24) is 4.31 Å². The Morgan fingerprint density at radius 1 is 1.17 bits per heavy atom. The van der Waals surface area contributed by atoms with Crippen LogP contribution < -0.4 is 5.11 Å². The molecule has 2 rings (SSSR count). The second-order valence-electron chi connectivity index (χ2n) is 4.28. The number of carbonyl (C=O) groups excluding carboxylic acids is 1. The van der Waals surface area contributed by atoms with Gasteiger partial charge in [-0.15, -0.1) is 0 Å². The van der Waals surface area contributed by atoms with E-state index in [4.69, 9.17) is 0 Å². The Balaban J connectivity index is 2.34. The molecule has 0 unspecified atom stereocenters. The van der Waals surface area contributed by atoms with Crippen LogP contribution in [0.25, 0.3) is 0 Å². The number of benzene rings is 1. The van der Waals surface area contributed by atoms with Crippen LogP contribution >= 0.6 is 0 Å². The van der Waals surface area contributed by atoms with E-state index in [1.165, 1.54) is 22.5 Å². The molecule has 0 saturated carbocycles. The van der Waals surface area contributed by atoms with Crippen LogP contribution in [0.2, 0.25) is 0 Å². The lowest BCUT2D eigenvalue weighted by atomic mass is 10.2. The molecule has 1 aromatic rings. The van der Waals surface area contributed by atoms with Crippen molar-refractivity contribution in [3.8, 4) is 0 Å². The van der Waals surface area contributed by atoms with Gasteiger partial charge in [-0.3, -0.25) is 0 Å². The number of sulfonamides is 1. The second-order valence-corrected chi connectivity index (χ2v) is 6.22. The largest absolute Gasteiger partial charge is 0.545 e. The lowest BCUT2D eigenvalue weighted by molar-refractivity contribution is -0.255. The van der Waals surface area contributed by atoms with Crippen LogP contribution in [-0.4, -0.2) is 31.8 Å². The van der Waals surface area contributed by atoms with E-state index in [9.17, 15) is 18.3 Å². The molecule has 1 aromatic carbocycles. The van der Waals surface area contributed by atoms with Crippen molar-refractivity contribution in [3.63, 3.8) is 0 Å². The Kier molecular flexibility index (Phi) is 3.68. The summed E-state index contributed by atoms with van der Waals surface area (Å²) in [5.74, 6) is -1.37. The molecule has 6 heteroatoms. The first-order chi connectivity index (χ1) is 8.51. The average molecular weight is 268 g/mol. The van der Waals surface area contributed by atoms with Gasteiger partial charge in [0.2, 0.25) is 10.0 Å². The summed E-state index contributed by atoms with van der Waals surface area (Å²) in [5.41, 5.74) is -0.118. The predicted molar refractivity (Wildman–Crippen MR) is 63.4 cm³/mol. The molecule has 0 spiro atoms. The van der Waals surface area contributed by atoms with E-state index >= 15 is 0 Å². The van der Waals surface area contributed by atoms with Crippen molar-refractivity contribution in [2.45, 2.75) is 24.2 Å². The summed E-state index contributed by atoms with van der Waals surface area (Å²) in [6.45, 7) is 0.996. The van der Waals surface area contributed by atoms with Gasteiger partial charge in [0, 0.05) is 13.1 Å². The minimum Gasteiger partial charge on any atom is -0.545 e. The third-order valence-electron chi connectivity index (χ3n) is 3.02. The molecular weight excluding hydrogens is 254 g/mol. The van der Waals surface area contributed by atoms with Gasteiger partial charge < -0.3 is 9.90 Å². The molecule has 1 fully saturated rings. The highest BCUT2D eigenvalue weighted by Crippen LogP contribution is 2.21. The van der Waals surface area contributed by atoms with E-state index < -0.39 is 16.0 Å². The first-order valence-electron chi connectivity index (χ1n) is 5.83. The molecule has 0 atom stereocenters. The summed E-state index contributed by atoms with van der Waals surface area (Å²) in [4.78, 5) is 10.8. The van der Waals surface area contributed by atoms with Crippen LogP contribution in [0.15, 0.2) is 29.2 Å². The summed E-state index contributed by atoms with van der Waals surface area (Å²) in [6.07, 6.45) is 2.73. The first kappa shape index (κ1) is 13.0. The minimum atomic E-state index is -3.58. The summed E-state index contributed by atoms with van der Waals surface area (Å²) in [5, 5.41) is 10.7. The van der Waals surface area contributed by atoms with E-state index in [1.54, 1.807) is 0 Å². The highest BCUT2D eigenvalue weighted by molar-refractivity contribution is 7.89. The molecule has 0 N–H and O–H groups in total. The topological polar surface area (TPSA) is 77.5 Å². The number of nitrogens with zero attached hydrogens (tertiary/aromatic N) is 1. The third-order valence-corrected chi connectivity index (χ3v) is 4.92. The SMILES string of the molecule is O=C([O-])c1cccc(S(=O)(=O)N2CCCCC2)c1. The number of rotatable bonds is 3. The molecule has 98 valence electrons. The van der Waals surface area contributed by atoms with Crippen molar-refractivity contribution >= 4 is 16.0 Å². The smallest absolute Gasteiger partial charge is 0.243 e. The summed E-state index contributed by atoms with van der Waals surface area (Å²) >= 11 is 0. The van der Waals surface area contributed by atoms with Crippen LogP contribution in [0.1, 0.15) is 29.6 Å². The highest BCUT2D eigenvalue weighted by Gasteiger charge is 2.25. The van der Waals surface area contributed by atoms with E-state index in [1.807, 2.05) is 0 Å². The predicted octanol–water partition coefficient (Wildman–Crippen LogP) is 0.225. The maximum Gasteiger partial charge on any atom is 0.243 e. The molecule has 1 saturated heterocycles. The fourth-order valence-corrected chi connectivity index (χ4v) is 3.60. The molecule has 0 amide bonds. The zero-order chi connectivity index (χ0) is 13.2. The minimum absolute atomic E-state index is 0.0195. The van der Waals surface area contributed by atoms with Crippen LogP contribution in [0.5, 0.6) is 0 Å². The van der Waals surface area contributed by atoms with Gasteiger partial charge in [-0.1, -0.05) is 18.6 Å². The van der Waals surface area contributed by atoms with Crippen LogP contribution in [0.4, 0.5) is 0 Å². The molecule has 0 aliphatic carbocycles. The standard InChI is InChI=1S/C12H15NO4S/c14-12(15)10-5-4-6-11(9-10)18(16,17)13-7-2-1-3-8-13/h4-6,9H,1-3,7-8H2,(H,14,15)/p-1. The lowest BCUT2D eigenvalue weighted by Crippen LogP contribution is -2.35. The van der Waals surface area contributed by atoms with Crippen molar-refractivity contribution < 1.29 is 18.3 Å². The van der Waals surface area contributed by atoms with Gasteiger partial charge in [0.1, 0.15) is 0 Å². The normalized spacial score (nSPS) is 17.6. The van der Waals surface area contributed by atoms with Gasteiger partial charge >= 0.3 is 0 Å². The fourth-order valence-electron chi connectivity index (χ4n) is 2.04. The quantitative estimate of drug-likeness (QED) is 0.786. The molecule has 0 radical (unpaired) electrons. The van der Waals surface area contributed by atoms with Crippen molar-refractivity contribution in [1.29, 1.82) is 0 Å². The summed E-state index contributed by atoms with van der Waals surface area (Å²) in [7, 11) is -3.58. The van der Waals surface area contributed by atoms with Crippen LogP contribution in [-0.2, 0) is 10.0 Å². The van der Waals surface area contributed by atoms with Gasteiger partial charge in [0.15, 0.2) is 0 Å². The monoisotopic (exact) mass is 268 g/mol. The van der Waals surface area contributed by atoms with Crippen molar-refractivity contribution in [3.05, 3.63) is 29.8 Å². The Morgan fingerprint density at radius 3 is 2.44 bits per heavy atom. The Labute approximate surface area is 106 Å².